The van der Waals surface area contributed by atoms with Gasteiger partial charge in [-0.2, -0.15) is 0 Å². The summed E-state index contributed by atoms with van der Waals surface area (Å²) in [6.07, 6.45) is 8.01. The molecule has 8 nitrogen and oxygen atoms in total. The van der Waals surface area contributed by atoms with E-state index >= 15 is 0 Å². The Morgan fingerprint density at radius 3 is 2.56 bits per heavy atom. The first-order valence-electron chi connectivity index (χ1n) is 13.3. The minimum Gasteiger partial charge on any atom is -0.392 e. The zero-order valence-corrected chi connectivity index (χ0v) is 22.7. The monoisotopic (exact) mass is 523 g/mol. The molecule has 200 valence electrons. The third-order valence-corrected chi connectivity index (χ3v) is 7.67. The van der Waals surface area contributed by atoms with Gasteiger partial charge in [-0.1, -0.05) is 45.0 Å². The smallest absolute Gasteiger partial charge is 0.293 e. The highest BCUT2D eigenvalue weighted by Gasteiger charge is 2.32. The minimum absolute atomic E-state index is 0.0249. The first-order valence-corrected chi connectivity index (χ1v) is 13.3. The molecule has 0 unspecified atom stereocenters. The second-order valence-electron chi connectivity index (χ2n) is 11.6. The van der Waals surface area contributed by atoms with Crippen molar-refractivity contribution < 1.29 is 9.90 Å². The molecular weight excluding hydrogens is 490 g/mol. The first kappa shape index (κ1) is 25.1. The van der Waals surface area contributed by atoms with Gasteiger partial charge in [-0.3, -0.25) is 9.59 Å². The van der Waals surface area contributed by atoms with Gasteiger partial charge < -0.3 is 24.5 Å². The number of aryl methyl sites for hydroxylation is 1. The van der Waals surface area contributed by atoms with Gasteiger partial charge in [0.05, 0.1) is 30.2 Å². The van der Waals surface area contributed by atoms with Gasteiger partial charge in [-0.05, 0) is 47.6 Å². The molecule has 1 aliphatic carbocycles. The van der Waals surface area contributed by atoms with E-state index in [-0.39, 0.29) is 29.3 Å². The molecule has 0 radical (unpaired) electrons. The van der Waals surface area contributed by atoms with Crippen LogP contribution in [0, 0.1) is 0 Å². The summed E-state index contributed by atoms with van der Waals surface area (Å²) in [7, 11) is 1.68. The Balaban J connectivity index is 1.36. The minimum atomic E-state index is -0.281. The molecule has 3 heterocycles. The molecule has 1 fully saturated rings. The number of carbonyl (C=O) groups excluding carboxylic acids is 1. The number of anilines is 3. The Kier molecular flexibility index (Phi) is 5.95. The fourth-order valence-electron chi connectivity index (χ4n) is 5.26. The second-order valence-corrected chi connectivity index (χ2v) is 11.6. The van der Waals surface area contributed by atoms with Crippen molar-refractivity contribution in [1.82, 2.24) is 14.1 Å². The lowest BCUT2D eigenvalue weighted by Gasteiger charge is -2.21. The van der Waals surface area contributed by atoms with E-state index in [1.807, 2.05) is 48.8 Å². The van der Waals surface area contributed by atoms with Crippen LogP contribution in [-0.4, -0.2) is 25.1 Å². The van der Waals surface area contributed by atoms with Gasteiger partial charge in [0.15, 0.2) is 5.82 Å². The molecule has 0 bridgehead atoms. The van der Waals surface area contributed by atoms with Gasteiger partial charge in [0.1, 0.15) is 0 Å². The summed E-state index contributed by atoms with van der Waals surface area (Å²) in [5, 5.41) is 13.7. The summed E-state index contributed by atoms with van der Waals surface area (Å²) in [5.74, 6) is 0.116. The fraction of sp³-hybridized carbons (Fsp3) is 0.323. The fourth-order valence-corrected chi connectivity index (χ4v) is 5.26. The number of nitrogens with one attached hydrogen (secondary N) is 1. The molecule has 6 rings (SSSR count). The van der Waals surface area contributed by atoms with Crippen LogP contribution in [0.2, 0.25) is 0 Å². The van der Waals surface area contributed by atoms with E-state index in [9.17, 15) is 14.7 Å². The van der Waals surface area contributed by atoms with Crippen LogP contribution in [0.5, 0.6) is 0 Å². The van der Waals surface area contributed by atoms with Gasteiger partial charge in [0.2, 0.25) is 0 Å². The SMILES string of the molecule is Cn1cc(-c2cccc(N3Cc4cc(C(C)(C)C)ccc4C3=O)c2CO)nc(Nc2ccn(C3CC3)c2)c1=O. The maximum atomic E-state index is 13.5. The number of amides is 1. The number of benzene rings is 2. The Morgan fingerprint density at radius 2 is 1.85 bits per heavy atom. The van der Waals surface area contributed by atoms with Crippen LogP contribution in [0.3, 0.4) is 0 Å². The van der Waals surface area contributed by atoms with E-state index in [1.165, 1.54) is 23.0 Å². The Hall–Kier alpha value is -4.17. The third kappa shape index (κ3) is 4.55. The Morgan fingerprint density at radius 1 is 1.05 bits per heavy atom. The Bertz CT molecular complexity index is 1660. The van der Waals surface area contributed by atoms with Crippen molar-refractivity contribution in [2.45, 2.75) is 58.2 Å². The molecule has 1 saturated carbocycles. The average Bonchev–Trinajstić information content (AvgIpc) is 3.57. The van der Waals surface area contributed by atoms with Crippen LogP contribution in [0.15, 0.2) is 65.8 Å². The van der Waals surface area contributed by atoms with Crippen molar-refractivity contribution in [1.29, 1.82) is 0 Å². The quantitative estimate of drug-likeness (QED) is 0.359. The summed E-state index contributed by atoms with van der Waals surface area (Å²) < 4.78 is 3.64. The van der Waals surface area contributed by atoms with Gasteiger partial charge in [-0.25, -0.2) is 4.98 Å². The van der Waals surface area contributed by atoms with Gasteiger partial charge >= 0.3 is 0 Å². The highest BCUT2D eigenvalue weighted by molar-refractivity contribution is 6.10. The van der Waals surface area contributed by atoms with Crippen molar-refractivity contribution in [3.8, 4) is 11.3 Å². The van der Waals surface area contributed by atoms with E-state index in [2.05, 4.69) is 41.7 Å². The van der Waals surface area contributed by atoms with Crippen LogP contribution >= 0.6 is 0 Å². The lowest BCUT2D eigenvalue weighted by molar-refractivity contribution is 0.0996. The van der Waals surface area contributed by atoms with Gasteiger partial charge in [0, 0.05) is 48.4 Å². The molecule has 2 aromatic carbocycles. The standard InChI is InChI=1S/C31H33N5O3/c1-31(2,3)20-8-11-23-19(14-20)15-36(29(23)38)27-7-5-6-24(25(27)18-37)26-17-34(4)30(39)28(33-26)32-21-12-13-35(16-21)22-9-10-22/h5-8,11-14,16-17,22,37H,9-10,15,18H2,1-4H3,(H,32,33). The number of aliphatic hydroxyl groups is 1. The molecule has 1 amide bonds. The van der Waals surface area contributed by atoms with Crippen LogP contribution in [0.1, 0.15) is 66.7 Å². The predicted molar refractivity (Wildman–Crippen MR) is 152 cm³/mol. The van der Waals surface area contributed by atoms with Crippen LogP contribution in [-0.2, 0) is 25.6 Å². The zero-order valence-electron chi connectivity index (χ0n) is 22.7. The summed E-state index contributed by atoms with van der Waals surface area (Å²) in [6.45, 7) is 6.62. The van der Waals surface area contributed by atoms with Crippen molar-refractivity contribution in [2.24, 2.45) is 7.05 Å². The summed E-state index contributed by atoms with van der Waals surface area (Å²) in [5.41, 5.74) is 5.79. The Labute approximate surface area is 227 Å². The number of nitrogens with zero attached hydrogens (tertiary/aromatic N) is 4. The van der Waals surface area contributed by atoms with Crippen molar-refractivity contribution in [2.75, 3.05) is 10.2 Å². The first-order chi connectivity index (χ1) is 18.6. The van der Waals surface area contributed by atoms with Crippen molar-refractivity contribution >= 4 is 23.1 Å². The van der Waals surface area contributed by atoms with E-state index in [1.54, 1.807) is 18.1 Å². The molecule has 0 atom stereocenters. The maximum absolute atomic E-state index is 13.5. The van der Waals surface area contributed by atoms with Gasteiger partial charge in [-0.15, -0.1) is 0 Å². The normalized spacial score (nSPS) is 15.1. The molecule has 2 N–H and O–H groups in total. The lowest BCUT2D eigenvalue weighted by atomic mass is 9.85. The summed E-state index contributed by atoms with van der Waals surface area (Å²) in [4.78, 5) is 32.8. The largest absolute Gasteiger partial charge is 0.392 e. The molecule has 2 aromatic heterocycles. The van der Waals surface area contributed by atoms with Gasteiger partial charge in [0.25, 0.3) is 11.5 Å². The van der Waals surface area contributed by atoms with Crippen molar-refractivity contribution in [3.63, 3.8) is 0 Å². The highest BCUT2D eigenvalue weighted by Crippen LogP contribution is 2.38. The molecule has 2 aliphatic rings. The molecule has 0 saturated heterocycles. The zero-order chi connectivity index (χ0) is 27.5. The van der Waals surface area contributed by atoms with Crippen LogP contribution in [0.25, 0.3) is 11.3 Å². The maximum Gasteiger partial charge on any atom is 0.293 e. The highest BCUT2D eigenvalue weighted by atomic mass is 16.3. The van der Waals surface area contributed by atoms with Crippen LogP contribution in [0.4, 0.5) is 17.2 Å². The molecular formula is C31H33N5O3. The number of fused-ring (bicyclic) bond motifs is 1. The van der Waals surface area contributed by atoms with E-state index in [0.29, 0.717) is 40.7 Å². The second kappa shape index (κ2) is 9.24. The number of rotatable bonds is 6. The number of hydrogen-bond donors (Lipinski definition) is 2. The summed E-state index contributed by atoms with van der Waals surface area (Å²) >= 11 is 0. The molecule has 8 heteroatoms. The summed E-state index contributed by atoms with van der Waals surface area (Å²) in [6, 6.07) is 14.1. The topological polar surface area (TPSA) is 92.4 Å². The van der Waals surface area contributed by atoms with Crippen LogP contribution < -0.4 is 15.8 Å². The number of carbonyl (C=O) groups is 1. The molecule has 0 spiro atoms. The molecule has 4 aromatic rings. The third-order valence-electron chi connectivity index (χ3n) is 7.67. The molecule has 39 heavy (non-hydrogen) atoms. The lowest BCUT2D eigenvalue weighted by Crippen LogP contribution is -2.25. The van der Waals surface area contributed by atoms with Crippen molar-refractivity contribution in [3.05, 3.63) is 93.7 Å². The number of hydrogen-bond acceptors (Lipinski definition) is 5. The number of aliphatic hydroxyl groups excluding tert-OH is 1. The van der Waals surface area contributed by atoms with E-state index < -0.39 is 0 Å². The van der Waals surface area contributed by atoms with E-state index in [4.69, 9.17) is 0 Å². The predicted octanol–water partition coefficient (Wildman–Crippen LogP) is 5.28. The average molecular weight is 524 g/mol. The number of aromatic nitrogens is 3. The molecule has 1 aliphatic heterocycles. The van der Waals surface area contributed by atoms with E-state index in [0.717, 1.165) is 11.3 Å².